The van der Waals surface area contributed by atoms with Crippen molar-refractivity contribution in [3.05, 3.63) is 18.2 Å². The zero-order valence-corrected chi connectivity index (χ0v) is 6.62. The van der Waals surface area contributed by atoms with E-state index in [2.05, 4.69) is 11.9 Å². The van der Waals surface area contributed by atoms with Crippen LogP contribution in [0.2, 0.25) is 0 Å². The molecule has 11 heavy (non-hydrogen) atoms. The molecule has 1 aliphatic rings. The fraction of sp³-hybridized carbons (Fsp3) is 0.625. The monoisotopic (exact) mass is 152 g/mol. The molecule has 1 N–H and O–H groups in total. The van der Waals surface area contributed by atoms with Crippen LogP contribution in [0, 0.1) is 0 Å². The first kappa shape index (κ1) is 6.85. The first-order valence-electron chi connectivity index (χ1n) is 3.99. The summed E-state index contributed by atoms with van der Waals surface area (Å²) in [5, 5.41) is 9.74. The van der Waals surface area contributed by atoms with Crippen LogP contribution in [0.25, 0.3) is 0 Å². The molecule has 0 unspecified atom stereocenters. The minimum Gasteiger partial charge on any atom is -0.384 e. The summed E-state index contributed by atoms with van der Waals surface area (Å²) >= 11 is 0. The van der Waals surface area contributed by atoms with E-state index in [1.165, 1.54) is 0 Å². The molecule has 3 heteroatoms. The number of imidazole rings is 1. The van der Waals surface area contributed by atoms with Gasteiger partial charge in [-0.25, -0.2) is 4.98 Å². The number of hydrogen-bond acceptors (Lipinski definition) is 2. The summed E-state index contributed by atoms with van der Waals surface area (Å²) in [4.78, 5) is 4.00. The molecule has 1 saturated carbocycles. The van der Waals surface area contributed by atoms with Crippen LogP contribution in [-0.2, 0) is 12.1 Å². The molecule has 0 radical (unpaired) electrons. The zero-order valence-electron chi connectivity index (χ0n) is 6.62. The van der Waals surface area contributed by atoms with Crippen molar-refractivity contribution < 1.29 is 5.11 Å². The van der Waals surface area contributed by atoms with Crippen LogP contribution in [0.4, 0.5) is 0 Å². The number of aliphatic hydroxyl groups is 1. The Bertz CT molecular complexity index is 263. The van der Waals surface area contributed by atoms with Gasteiger partial charge >= 0.3 is 0 Å². The molecule has 1 heterocycles. The molecule has 1 aliphatic carbocycles. The minimum atomic E-state index is -0.535. The summed E-state index contributed by atoms with van der Waals surface area (Å²) in [7, 11) is 0. The standard InChI is InChI=1S/C8H12N2O/c1-2-10-6-9-5-7(10)8(11)3-4-8/h5-6,11H,2-4H2,1H3. The lowest BCUT2D eigenvalue weighted by atomic mass is 10.2. The number of nitrogens with zero attached hydrogens (tertiary/aromatic N) is 2. The molecule has 1 fully saturated rings. The highest BCUT2D eigenvalue weighted by Gasteiger charge is 2.44. The Morgan fingerprint density at radius 1 is 1.73 bits per heavy atom. The van der Waals surface area contributed by atoms with Gasteiger partial charge in [0.1, 0.15) is 5.60 Å². The summed E-state index contributed by atoms with van der Waals surface area (Å²) < 4.78 is 1.99. The van der Waals surface area contributed by atoms with Crippen LogP contribution in [0.5, 0.6) is 0 Å². The van der Waals surface area contributed by atoms with Gasteiger partial charge in [0.25, 0.3) is 0 Å². The van der Waals surface area contributed by atoms with Gasteiger partial charge < -0.3 is 9.67 Å². The highest BCUT2D eigenvalue weighted by Crippen LogP contribution is 2.44. The summed E-state index contributed by atoms with van der Waals surface area (Å²) in [5.41, 5.74) is 0.437. The highest BCUT2D eigenvalue weighted by molar-refractivity contribution is 5.17. The smallest absolute Gasteiger partial charge is 0.106 e. The van der Waals surface area contributed by atoms with Crippen molar-refractivity contribution in [2.75, 3.05) is 0 Å². The van der Waals surface area contributed by atoms with Crippen molar-refractivity contribution >= 4 is 0 Å². The zero-order chi connectivity index (χ0) is 7.90. The number of aryl methyl sites for hydroxylation is 1. The molecule has 0 spiro atoms. The van der Waals surface area contributed by atoms with Crippen LogP contribution in [0.15, 0.2) is 12.5 Å². The molecule has 60 valence electrons. The SMILES string of the molecule is CCn1cncc1C1(O)CC1. The molecule has 0 aromatic carbocycles. The molecular weight excluding hydrogens is 140 g/mol. The topological polar surface area (TPSA) is 38.0 Å². The Balaban J connectivity index is 2.36. The molecule has 0 aliphatic heterocycles. The van der Waals surface area contributed by atoms with Crippen molar-refractivity contribution in [1.82, 2.24) is 9.55 Å². The molecular formula is C8H12N2O. The quantitative estimate of drug-likeness (QED) is 0.683. The van der Waals surface area contributed by atoms with Gasteiger partial charge in [-0.1, -0.05) is 0 Å². The summed E-state index contributed by atoms with van der Waals surface area (Å²) in [6.45, 7) is 2.94. The average Bonchev–Trinajstić information content (AvgIpc) is 2.61. The first-order valence-corrected chi connectivity index (χ1v) is 3.99. The third-order valence-corrected chi connectivity index (χ3v) is 2.25. The van der Waals surface area contributed by atoms with Crippen LogP contribution in [0.3, 0.4) is 0 Å². The van der Waals surface area contributed by atoms with Gasteiger partial charge in [0.15, 0.2) is 0 Å². The van der Waals surface area contributed by atoms with E-state index in [0.29, 0.717) is 0 Å². The van der Waals surface area contributed by atoms with Gasteiger partial charge in [-0.3, -0.25) is 0 Å². The van der Waals surface area contributed by atoms with Crippen molar-refractivity contribution in [2.24, 2.45) is 0 Å². The van der Waals surface area contributed by atoms with Crippen LogP contribution in [0.1, 0.15) is 25.5 Å². The van der Waals surface area contributed by atoms with E-state index < -0.39 is 5.60 Å². The Morgan fingerprint density at radius 2 is 2.45 bits per heavy atom. The second kappa shape index (κ2) is 2.08. The van der Waals surface area contributed by atoms with E-state index in [9.17, 15) is 5.11 Å². The van der Waals surface area contributed by atoms with Gasteiger partial charge in [-0.15, -0.1) is 0 Å². The normalized spacial score (nSPS) is 20.2. The van der Waals surface area contributed by atoms with Crippen LogP contribution in [-0.4, -0.2) is 14.7 Å². The number of rotatable bonds is 2. The summed E-state index contributed by atoms with van der Waals surface area (Å²) in [6.07, 6.45) is 5.31. The van der Waals surface area contributed by atoms with Crippen molar-refractivity contribution in [2.45, 2.75) is 31.9 Å². The van der Waals surface area contributed by atoms with Gasteiger partial charge in [0.2, 0.25) is 0 Å². The fourth-order valence-electron chi connectivity index (χ4n) is 1.33. The maximum Gasteiger partial charge on any atom is 0.106 e. The second-order valence-corrected chi connectivity index (χ2v) is 3.10. The first-order chi connectivity index (χ1) is 5.26. The summed E-state index contributed by atoms with van der Waals surface area (Å²) in [5.74, 6) is 0. The molecule has 0 atom stereocenters. The van der Waals surface area contributed by atoms with Crippen molar-refractivity contribution in [3.63, 3.8) is 0 Å². The van der Waals surface area contributed by atoms with Gasteiger partial charge in [0.05, 0.1) is 18.2 Å². The maximum absolute atomic E-state index is 9.74. The van der Waals surface area contributed by atoms with E-state index in [-0.39, 0.29) is 0 Å². The molecule has 1 aromatic rings. The molecule has 0 saturated heterocycles. The molecule has 2 rings (SSSR count). The van der Waals surface area contributed by atoms with E-state index in [0.717, 1.165) is 25.1 Å². The number of aromatic nitrogens is 2. The van der Waals surface area contributed by atoms with Gasteiger partial charge in [-0.2, -0.15) is 0 Å². The Kier molecular flexibility index (Phi) is 1.29. The second-order valence-electron chi connectivity index (χ2n) is 3.10. The Labute approximate surface area is 65.7 Å². The van der Waals surface area contributed by atoms with E-state index in [1.54, 1.807) is 12.5 Å². The third-order valence-electron chi connectivity index (χ3n) is 2.25. The van der Waals surface area contributed by atoms with E-state index >= 15 is 0 Å². The maximum atomic E-state index is 9.74. The van der Waals surface area contributed by atoms with Gasteiger partial charge in [-0.05, 0) is 19.8 Å². The van der Waals surface area contributed by atoms with Crippen LogP contribution >= 0.6 is 0 Å². The van der Waals surface area contributed by atoms with Crippen molar-refractivity contribution in [3.8, 4) is 0 Å². The third kappa shape index (κ3) is 0.959. The lowest BCUT2D eigenvalue weighted by Crippen LogP contribution is -2.11. The highest BCUT2D eigenvalue weighted by atomic mass is 16.3. The summed E-state index contributed by atoms with van der Waals surface area (Å²) in [6, 6.07) is 0. The van der Waals surface area contributed by atoms with E-state index in [4.69, 9.17) is 0 Å². The predicted octanol–water partition coefficient (Wildman–Crippen LogP) is 0.884. The minimum absolute atomic E-state index is 0.535. The Morgan fingerprint density at radius 3 is 3.00 bits per heavy atom. The molecule has 3 nitrogen and oxygen atoms in total. The van der Waals surface area contributed by atoms with Gasteiger partial charge in [0, 0.05) is 6.54 Å². The van der Waals surface area contributed by atoms with E-state index in [1.807, 2.05) is 4.57 Å². The fourth-order valence-corrected chi connectivity index (χ4v) is 1.33. The largest absolute Gasteiger partial charge is 0.384 e. The molecule has 0 bridgehead atoms. The Hall–Kier alpha value is -0.830. The molecule has 1 aromatic heterocycles. The predicted molar refractivity (Wildman–Crippen MR) is 41.0 cm³/mol. The number of hydrogen-bond donors (Lipinski definition) is 1. The lowest BCUT2D eigenvalue weighted by Gasteiger charge is -2.09. The lowest BCUT2D eigenvalue weighted by molar-refractivity contribution is 0.142. The van der Waals surface area contributed by atoms with Crippen molar-refractivity contribution in [1.29, 1.82) is 0 Å². The molecule has 0 amide bonds. The van der Waals surface area contributed by atoms with Crippen LogP contribution < -0.4 is 0 Å². The average molecular weight is 152 g/mol.